The molecule has 1 aromatic carbocycles. The van der Waals surface area contributed by atoms with E-state index in [4.69, 9.17) is 4.99 Å². The van der Waals surface area contributed by atoms with Gasteiger partial charge in [-0.15, -0.1) is 0 Å². The lowest BCUT2D eigenvalue weighted by atomic mass is 10.0. The van der Waals surface area contributed by atoms with Crippen molar-refractivity contribution < 1.29 is 0 Å². The summed E-state index contributed by atoms with van der Waals surface area (Å²) in [6.45, 7) is 11.0. The molecule has 2 aromatic rings. The first kappa shape index (κ1) is 22.1. The third kappa shape index (κ3) is 6.46. The van der Waals surface area contributed by atoms with E-state index in [1.165, 1.54) is 0 Å². The zero-order chi connectivity index (χ0) is 21.3. The second kappa shape index (κ2) is 11.0. The van der Waals surface area contributed by atoms with Crippen molar-refractivity contribution in [2.24, 2.45) is 4.99 Å². The van der Waals surface area contributed by atoms with Gasteiger partial charge in [0, 0.05) is 44.0 Å². The fourth-order valence-electron chi connectivity index (χ4n) is 3.78. The molecule has 30 heavy (non-hydrogen) atoms. The van der Waals surface area contributed by atoms with E-state index < -0.39 is 0 Å². The van der Waals surface area contributed by atoms with Gasteiger partial charge in [0.05, 0.1) is 13.1 Å². The number of aliphatic imine (C=N–C) groups is 1. The zero-order valence-electron chi connectivity index (χ0n) is 18.5. The molecule has 6 nitrogen and oxygen atoms in total. The van der Waals surface area contributed by atoms with Crippen molar-refractivity contribution in [1.82, 2.24) is 20.1 Å². The number of benzene rings is 1. The van der Waals surface area contributed by atoms with Crippen LogP contribution in [0.5, 0.6) is 0 Å². The SMILES string of the molecule is CCNC(=NCc1ccc(Cn2ccccc2=O)cc1)NC1CCN(C(C)C)CC1. The third-order valence-corrected chi connectivity index (χ3v) is 5.64. The quantitative estimate of drug-likeness (QED) is 0.545. The molecule has 3 rings (SSSR count). The van der Waals surface area contributed by atoms with Crippen LogP contribution in [0.15, 0.2) is 58.4 Å². The molecule has 162 valence electrons. The summed E-state index contributed by atoms with van der Waals surface area (Å²) in [5.41, 5.74) is 2.29. The summed E-state index contributed by atoms with van der Waals surface area (Å²) >= 11 is 0. The van der Waals surface area contributed by atoms with Gasteiger partial charge in [-0.25, -0.2) is 4.99 Å². The van der Waals surface area contributed by atoms with Crippen molar-refractivity contribution in [2.75, 3.05) is 19.6 Å². The summed E-state index contributed by atoms with van der Waals surface area (Å²) in [5.74, 6) is 0.889. The van der Waals surface area contributed by atoms with Gasteiger partial charge in [0.2, 0.25) is 0 Å². The Morgan fingerprint density at radius 1 is 1.10 bits per heavy atom. The number of nitrogens with one attached hydrogen (secondary N) is 2. The van der Waals surface area contributed by atoms with Crippen LogP contribution in [0.1, 0.15) is 44.7 Å². The molecule has 1 aliphatic heterocycles. The minimum atomic E-state index is 0.0201. The molecule has 2 N–H and O–H groups in total. The third-order valence-electron chi connectivity index (χ3n) is 5.64. The summed E-state index contributed by atoms with van der Waals surface area (Å²) in [4.78, 5) is 19.2. The van der Waals surface area contributed by atoms with Crippen molar-refractivity contribution in [1.29, 1.82) is 0 Å². The summed E-state index contributed by atoms with van der Waals surface area (Å²) in [6, 6.07) is 14.7. The fourth-order valence-corrected chi connectivity index (χ4v) is 3.78. The number of nitrogens with zero attached hydrogens (tertiary/aromatic N) is 3. The highest BCUT2D eigenvalue weighted by atomic mass is 16.1. The van der Waals surface area contributed by atoms with Crippen molar-refractivity contribution in [3.8, 4) is 0 Å². The highest BCUT2D eigenvalue weighted by molar-refractivity contribution is 5.80. The number of hydrogen-bond acceptors (Lipinski definition) is 3. The number of guanidine groups is 1. The lowest BCUT2D eigenvalue weighted by molar-refractivity contribution is 0.167. The smallest absolute Gasteiger partial charge is 0.250 e. The minimum absolute atomic E-state index is 0.0201. The first-order valence-electron chi connectivity index (χ1n) is 11.1. The Labute approximate surface area is 180 Å². The molecule has 6 heteroatoms. The highest BCUT2D eigenvalue weighted by Crippen LogP contribution is 2.13. The predicted molar refractivity (Wildman–Crippen MR) is 124 cm³/mol. The van der Waals surface area contributed by atoms with Crippen LogP contribution < -0.4 is 16.2 Å². The maximum atomic E-state index is 11.9. The molecule has 1 aromatic heterocycles. The molecular weight excluding hydrogens is 374 g/mol. The first-order valence-corrected chi connectivity index (χ1v) is 11.1. The van der Waals surface area contributed by atoms with Crippen LogP contribution in [0.3, 0.4) is 0 Å². The lowest BCUT2D eigenvalue weighted by Crippen LogP contribution is -2.49. The molecule has 2 heterocycles. The van der Waals surface area contributed by atoms with Crippen molar-refractivity contribution in [3.05, 3.63) is 70.1 Å². The Balaban J connectivity index is 1.55. The minimum Gasteiger partial charge on any atom is -0.357 e. The van der Waals surface area contributed by atoms with E-state index in [-0.39, 0.29) is 5.56 Å². The van der Waals surface area contributed by atoms with Gasteiger partial charge >= 0.3 is 0 Å². The molecule has 0 spiro atoms. The maximum Gasteiger partial charge on any atom is 0.250 e. The molecule has 0 bridgehead atoms. The van der Waals surface area contributed by atoms with Crippen molar-refractivity contribution in [3.63, 3.8) is 0 Å². The summed E-state index contributed by atoms with van der Waals surface area (Å²) < 4.78 is 1.71. The Bertz CT molecular complexity index is 864. The van der Waals surface area contributed by atoms with E-state index >= 15 is 0 Å². The van der Waals surface area contributed by atoms with Crippen LogP contribution in [0, 0.1) is 0 Å². The zero-order valence-corrected chi connectivity index (χ0v) is 18.5. The normalized spacial score (nSPS) is 16.1. The van der Waals surface area contributed by atoms with Gasteiger partial charge in [0.15, 0.2) is 5.96 Å². The van der Waals surface area contributed by atoms with Gasteiger partial charge in [-0.05, 0) is 50.8 Å². The number of hydrogen-bond donors (Lipinski definition) is 2. The van der Waals surface area contributed by atoms with Crippen molar-refractivity contribution >= 4 is 5.96 Å². The highest BCUT2D eigenvalue weighted by Gasteiger charge is 2.21. The Kier molecular flexibility index (Phi) is 8.08. The number of likely N-dealkylation sites (tertiary alicyclic amines) is 1. The number of piperidine rings is 1. The van der Waals surface area contributed by atoms with Crippen LogP contribution in [0.2, 0.25) is 0 Å². The van der Waals surface area contributed by atoms with Gasteiger partial charge in [0.1, 0.15) is 0 Å². The second-order valence-electron chi connectivity index (χ2n) is 8.23. The van der Waals surface area contributed by atoms with Crippen LogP contribution >= 0.6 is 0 Å². The molecule has 1 aliphatic rings. The predicted octanol–water partition coefficient (Wildman–Crippen LogP) is 2.82. The van der Waals surface area contributed by atoms with Gasteiger partial charge in [-0.3, -0.25) is 4.79 Å². The molecule has 0 aliphatic carbocycles. The lowest BCUT2D eigenvalue weighted by Gasteiger charge is -2.35. The van der Waals surface area contributed by atoms with Gasteiger partial charge in [0.25, 0.3) is 5.56 Å². The van der Waals surface area contributed by atoms with Crippen LogP contribution in [-0.4, -0.2) is 47.1 Å². The molecular formula is C24H35N5O. The average molecular weight is 410 g/mol. The molecule has 0 saturated carbocycles. The summed E-state index contributed by atoms with van der Waals surface area (Å²) in [5, 5.41) is 6.98. The molecule has 0 radical (unpaired) electrons. The van der Waals surface area contributed by atoms with E-state index in [0.717, 1.165) is 49.6 Å². The molecule has 1 fully saturated rings. The summed E-state index contributed by atoms with van der Waals surface area (Å²) in [7, 11) is 0. The van der Waals surface area contributed by atoms with E-state index in [0.29, 0.717) is 25.2 Å². The average Bonchev–Trinajstić information content (AvgIpc) is 2.75. The number of aromatic nitrogens is 1. The van der Waals surface area contributed by atoms with E-state index in [1.807, 2.05) is 12.3 Å². The fraction of sp³-hybridized carbons (Fsp3) is 0.500. The standard InChI is InChI=1S/C24H35N5O/c1-4-25-24(27-22-12-15-28(16-13-22)19(2)3)26-17-20-8-10-21(11-9-20)18-29-14-6-5-7-23(29)30/h5-11,14,19,22H,4,12-13,15-18H2,1-3H3,(H2,25,26,27). The van der Waals surface area contributed by atoms with Crippen LogP contribution in [0.25, 0.3) is 0 Å². The topological polar surface area (TPSA) is 61.7 Å². The molecule has 0 atom stereocenters. The van der Waals surface area contributed by atoms with E-state index in [9.17, 15) is 4.79 Å². The van der Waals surface area contributed by atoms with E-state index in [2.05, 4.69) is 60.6 Å². The monoisotopic (exact) mass is 409 g/mol. The van der Waals surface area contributed by atoms with Gasteiger partial charge in [-0.2, -0.15) is 0 Å². The van der Waals surface area contributed by atoms with Crippen molar-refractivity contribution in [2.45, 2.75) is 58.8 Å². The Morgan fingerprint density at radius 3 is 2.43 bits per heavy atom. The van der Waals surface area contributed by atoms with Gasteiger partial charge in [-0.1, -0.05) is 30.3 Å². The molecule has 0 amide bonds. The number of pyridine rings is 1. The second-order valence-corrected chi connectivity index (χ2v) is 8.23. The van der Waals surface area contributed by atoms with E-state index in [1.54, 1.807) is 16.7 Å². The van der Waals surface area contributed by atoms with Crippen LogP contribution in [-0.2, 0) is 13.1 Å². The maximum absolute atomic E-state index is 11.9. The van der Waals surface area contributed by atoms with Gasteiger partial charge < -0.3 is 20.1 Å². The largest absolute Gasteiger partial charge is 0.357 e. The summed E-state index contributed by atoms with van der Waals surface area (Å²) in [6.07, 6.45) is 4.12. The Morgan fingerprint density at radius 2 is 1.80 bits per heavy atom. The van der Waals surface area contributed by atoms with Crippen LogP contribution in [0.4, 0.5) is 0 Å². The molecule has 1 saturated heterocycles. The molecule has 0 unspecified atom stereocenters. The number of rotatable bonds is 7. The first-order chi connectivity index (χ1) is 14.5. The Hall–Kier alpha value is -2.60.